The van der Waals surface area contributed by atoms with Crippen LogP contribution in [0.4, 0.5) is 0 Å². The monoisotopic (exact) mass is 272 g/mol. The largest absolute Gasteiger partial charge is 0.480 e. The van der Waals surface area contributed by atoms with E-state index in [2.05, 4.69) is 0 Å². The van der Waals surface area contributed by atoms with Gasteiger partial charge < -0.3 is 15.9 Å². The van der Waals surface area contributed by atoms with Crippen molar-refractivity contribution in [3.8, 4) is 0 Å². The molecule has 0 saturated carbocycles. The molecule has 0 aromatic heterocycles. The number of nitrogens with zero attached hydrogens (tertiary/aromatic N) is 2. The molecule has 0 atom stereocenters. The normalized spacial score (nSPS) is 11.2. The molecule has 0 aliphatic heterocycles. The van der Waals surface area contributed by atoms with E-state index in [-0.39, 0.29) is 19.6 Å². The predicted octanol–water partition coefficient (Wildman–Crippen LogP) is -0.281. The number of carboxylic acids is 2. The molecule has 7 nitrogen and oxygen atoms in total. The third-order valence-corrected chi connectivity index (χ3v) is 2.41. The van der Waals surface area contributed by atoms with Crippen LogP contribution in [0.5, 0.6) is 0 Å². The number of hydrogen-bond acceptors (Lipinski definition) is 5. The molecule has 0 amide bonds. The van der Waals surface area contributed by atoms with Gasteiger partial charge in [-0.1, -0.05) is 6.42 Å². The smallest absolute Gasteiger partial charge is 0.317 e. The number of unbranched alkanes of at least 4 members (excludes halogenated alkanes) is 2. The summed E-state index contributed by atoms with van der Waals surface area (Å²) in [5, 5.41) is 17.3. The third-order valence-electron chi connectivity index (χ3n) is 2.41. The van der Waals surface area contributed by atoms with Gasteiger partial charge in [0.1, 0.15) is 0 Å². The Morgan fingerprint density at radius 1 is 1.11 bits per heavy atom. The second kappa shape index (κ2) is 10.7. The summed E-state index contributed by atoms with van der Waals surface area (Å²) in [6.45, 7) is 2.48. The molecule has 0 aromatic carbocycles. The summed E-state index contributed by atoms with van der Waals surface area (Å²) in [5.74, 6) is -2.12. The summed E-state index contributed by atoms with van der Waals surface area (Å²) in [7, 11) is 5.69. The van der Waals surface area contributed by atoms with Crippen molar-refractivity contribution < 1.29 is 19.8 Å². The van der Waals surface area contributed by atoms with Crippen molar-refractivity contribution in [2.24, 2.45) is 5.73 Å². The molecule has 19 heavy (non-hydrogen) atoms. The standard InChI is InChI=1S/C12H22N3O4/c1-14(6-4-2-3-5-13)7-8-15(9-11(16)17)10-12(18)19/h1,6H,2-5,7-10,13H2,(H,16,17)(H,18,19). The van der Waals surface area contributed by atoms with E-state index in [0.29, 0.717) is 13.1 Å². The van der Waals surface area contributed by atoms with Crippen molar-refractivity contribution in [1.82, 2.24) is 9.80 Å². The second-order valence-electron chi connectivity index (χ2n) is 4.20. The summed E-state index contributed by atoms with van der Waals surface area (Å²) in [4.78, 5) is 23.9. The van der Waals surface area contributed by atoms with Crippen LogP contribution in [-0.2, 0) is 9.59 Å². The van der Waals surface area contributed by atoms with Gasteiger partial charge in [-0.05, 0) is 19.4 Å². The molecule has 0 bridgehead atoms. The fraction of sp³-hybridized carbons (Fsp3) is 0.667. The van der Waals surface area contributed by atoms with E-state index in [1.165, 1.54) is 9.80 Å². The first-order valence-electron chi connectivity index (χ1n) is 6.16. The molecule has 0 aliphatic rings. The van der Waals surface area contributed by atoms with Crippen LogP contribution in [0.25, 0.3) is 0 Å². The Morgan fingerprint density at radius 3 is 2.16 bits per heavy atom. The van der Waals surface area contributed by atoms with Gasteiger partial charge in [0.15, 0.2) is 0 Å². The summed E-state index contributed by atoms with van der Waals surface area (Å²) in [5.41, 5.74) is 5.36. The molecule has 0 heterocycles. The Labute approximate surface area is 114 Å². The first-order chi connectivity index (χ1) is 8.95. The lowest BCUT2D eigenvalue weighted by Crippen LogP contribution is -2.38. The number of hydrogen-bond donors (Lipinski definition) is 3. The van der Waals surface area contributed by atoms with Crippen molar-refractivity contribution >= 4 is 11.9 Å². The zero-order chi connectivity index (χ0) is 14.7. The van der Waals surface area contributed by atoms with Gasteiger partial charge in [-0.3, -0.25) is 19.4 Å². The molecule has 0 fully saturated rings. The highest BCUT2D eigenvalue weighted by Gasteiger charge is 2.13. The molecule has 0 aromatic rings. The Hall–Kier alpha value is -1.18. The van der Waals surface area contributed by atoms with E-state index in [4.69, 9.17) is 23.0 Å². The fourth-order valence-corrected chi connectivity index (χ4v) is 1.49. The molecular weight excluding hydrogens is 250 g/mol. The van der Waals surface area contributed by atoms with Crippen LogP contribution >= 0.6 is 0 Å². The topological polar surface area (TPSA) is 107 Å². The van der Waals surface area contributed by atoms with E-state index < -0.39 is 11.9 Å². The maximum atomic E-state index is 10.6. The summed E-state index contributed by atoms with van der Waals surface area (Å²) >= 11 is 0. The van der Waals surface area contributed by atoms with Crippen molar-refractivity contribution in [3.05, 3.63) is 13.6 Å². The van der Waals surface area contributed by atoms with Crippen LogP contribution < -0.4 is 5.73 Å². The molecule has 0 aliphatic carbocycles. The zero-order valence-electron chi connectivity index (χ0n) is 11.0. The lowest BCUT2D eigenvalue weighted by Gasteiger charge is -2.22. The summed E-state index contributed by atoms with van der Waals surface area (Å²) in [6, 6.07) is 0. The van der Waals surface area contributed by atoms with E-state index >= 15 is 0 Å². The maximum Gasteiger partial charge on any atom is 0.317 e. The molecule has 0 rings (SSSR count). The molecule has 4 N–H and O–H groups in total. The average molecular weight is 272 g/mol. The highest BCUT2D eigenvalue weighted by atomic mass is 16.4. The third kappa shape index (κ3) is 11.6. The zero-order valence-corrected chi connectivity index (χ0v) is 11.0. The number of aliphatic carboxylic acids is 2. The molecule has 109 valence electrons. The summed E-state index contributed by atoms with van der Waals surface area (Å²) < 4.78 is 0. The lowest BCUT2D eigenvalue weighted by atomic mass is 10.2. The highest BCUT2D eigenvalue weighted by Crippen LogP contribution is 2.02. The Balaban J connectivity index is 3.88. The Bertz CT molecular complexity index is 258. The number of rotatable bonds is 12. The quantitative estimate of drug-likeness (QED) is 0.331. The fourth-order valence-electron chi connectivity index (χ4n) is 1.49. The van der Waals surface area contributed by atoms with Crippen LogP contribution in [0.2, 0.25) is 0 Å². The van der Waals surface area contributed by atoms with E-state index in [1.54, 1.807) is 6.54 Å². The molecule has 0 spiro atoms. The Morgan fingerprint density at radius 2 is 1.68 bits per heavy atom. The molecule has 7 heteroatoms. The minimum absolute atomic E-state index is 0.280. The van der Waals surface area contributed by atoms with Crippen LogP contribution in [0.1, 0.15) is 19.3 Å². The van der Waals surface area contributed by atoms with Crippen LogP contribution in [-0.4, -0.2) is 64.7 Å². The van der Waals surface area contributed by atoms with Crippen LogP contribution in [0, 0.1) is 13.6 Å². The van der Waals surface area contributed by atoms with Crippen LogP contribution in [0.3, 0.4) is 0 Å². The van der Waals surface area contributed by atoms with E-state index in [9.17, 15) is 9.59 Å². The predicted molar refractivity (Wildman–Crippen MR) is 69.9 cm³/mol. The summed E-state index contributed by atoms with van der Waals surface area (Å²) in [6.07, 6.45) is 2.66. The average Bonchev–Trinajstić information content (AvgIpc) is 2.30. The van der Waals surface area contributed by atoms with Gasteiger partial charge in [-0.2, -0.15) is 0 Å². The number of carbonyl (C=O) groups is 2. The van der Waals surface area contributed by atoms with Gasteiger partial charge in [0.05, 0.1) is 13.1 Å². The second-order valence-corrected chi connectivity index (χ2v) is 4.20. The molecule has 0 saturated heterocycles. The lowest BCUT2D eigenvalue weighted by molar-refractivity contribution is -0.141. The Kier molecular flexibility index (Phi) is 10.1. The van der Waals surface area contributed by atoms with Gasteiger partial charge in [0.2, 0.25) is 0 Å². The first-order valence-corrected chi connectivity index (χ1v) is 6.16. The van der Waals surface area contributed by atoms with Crippen LogP contribution in [0.15, 0.2) is 0 Å². The van der Waals surface area contributed by atoms with Gasteiger partial charge in [-0.25, -0.2) is 0 Å². The highest BCUT2D eigenvalue weighted by molar-refractivity contribution is 5.72. The molecule has 0 unspecified atom stereocenters. The van der Waals surface area contributed by atoms with Gasteiger partial charge in [0.25, 0.3) is 0 Å². The molecule has 3 radical (unpaired) electrons. The van der Waals surface area contributed by atoms with Crippen molar-refractivity contribution in [3.63, 3.8) is 0 Å². The van der Waals surface area contributed by atoms with Gasteiger partial charge in [-0.15, -0.1) is 0 Å². The minimum atomic E-state index is -1.06. The van der Waals surface area contributed by atoms with Crippen molar-refractivity contribution in [1.29, 1.82) is 0 Å². The van der Waals surface area contributed by atoms with Gasteiger partial charge >= 0.3 is 11.9 Å². The van der Waals surface area contributed by atoms with E-state index in [0.717, 1.165) is 19.3 Å². The van der Waals surface area contributed by atoms with Gasteiger partial charge in [0, 0.05) is 26.7 Å². The minimum Gasteiger partial charge on any atom is -0.480 e. The van der Waals surface area contributed by atoms with Crippen molar-refractivity contribution in [2.75, 3.05) is 32.7 Å². The number of nitrogens with two attached hydrogens (primary N) is 1. The maximum absolute atomic E-state index is 10.6. The van der Waals surface area contributed by atoms with E-state index in [1.807, 2.05) is 0 Å². The molecular formula is C12H22N3O4. The number of carboxylic acid groups (broad SMARTS) is 2. The first kappa shape index (κ1) is 17.8. The SMILES string of the molecule is [CH]N([CH]CCCCN)CCN(CC(=O)O)CC(=O)O. The van der Waals surface area contributed by atoms with Crippen molar-refractivity contribution in [2.45, 2.75) is 19.3 Å².